The average Bonchev–Trinajstić information content (AvgIpc) is 2.70. The van der Waals surface area contributed by atoms with E-state index in [0.717, 1.165) is 26.7 Å². The Morgan fingerprint density at radius 2 is 1.50 bits per heavy atom. The zero-order valence-corrected chi connectivity index (χ0v) is 17.1. The number of rotatable bonds is 4. The van der Waals surface area contributed by atoms with Crippen LogP contribution in [0.1, 0.15) is 26.3 Å². The van der Waals surface area contributed by atoms with Crippen LogP contribution in [0.3, 0.4) is 0 Å². The van der Waals surface area contributed by atoms with Crippen LogP contribution in [0.15, 0.2) is 89.0 Å². The molecule has 4 rings (SSSR count). The maximum atomic E-state index is 4.72. The van der Waals surface area contributed by atoms with Gasteiger partial charge in [0.1, 0.15) is 5.82 Å². The highest BCUT2D eigenvalue weighted by Gasteiger charge is 2.13. The van der Waals surface area contributed by atoms with Crippen LogP contribution in [0.2, 0.25) is 0 Å². The van der Waals surface area contributed by atoms with E-state index in [1.165, 1.54) is 10.9 Å². The summed E-state index contributed by atoms with van der Waals surface area (Å²) in [5, 5.41) is 5.79. The normalized spacial score (nSPS) is 11.5. The third-order valence-electron chi connectivity index (χ3n) is 4.65. The van der Waals surface area contributed by atoms with E-state index in [9.17, 15) is 0 Å². The second kappa shape index (κ2) is 7.64. The molecule has 0 aliphatic carbocycles. The summed E-state index contributed by atoms with van der Waals surface area (Å²) in [5.74, 6) is 0.873. The van der Waals surface area contributed by atoms with Crippen LogP contribution in [-0.4, -0.2) is 9.97 Å². The highest BCUT2D eigenvalue weighted by molar-refractivity contribution is 7.99. The summed E-state index contributed by atoms with van der Waals surface area (Å²) < 4.78 is 0. The fraction of sp³-hybridized carbons (Fsp3) is 0.167. The summed E-state index contributed by atoms with van der Waals surface area (Å²) in [5.41, 5.74) is 2.51. The molecule has 4 heteroatoms. The fourth-order valence-corrected chi connectivity index (χ4v) is 3.98. The Bertz CT molecular complexity index is 1080. The predicted octanol–water partition coefficient (Wildman–Crippen LogP) is 6.82. The van der Waals surface area contributed by atoms with Crippen molar-refractivity contribution >= 4 is 34.0 Å². The minimum Gasteiger partial charge on any atom is -0.340 e. The number of nitrogens with one attached hydrogen (secondary N) is 1. The van der Waals surface area contributed by atoms with Gasteiger partial charge >= 0.3 is 0 Å². The highest BCUT2D eigenvalue weighted by atomic mass is 32.2. The molecule has 1 N–H and O–H groups in total. The molecule has 2 aromatic carbocycles. The Balaban J connectivity index is 1.66. The third-order valence-corrected chi connectivity index (χ3v) is 5.70. The molecule has 0 saturated heterocycles. The van der Waals surface area contributed by atoms with Gasteiger partial charge in [0.25, 0.3) is 0 Å². The largest absolute Gasteiger partial charge is 0.340 e. The zero-order chi connectivity index (χ0) is 19.6. The van der Waals surface area contributed by atoms with Crippen molar-refractivity contribution in [2.24, 2.45) is 0 Å². The topological polar surface area (TPSA) is 37.8 Å². The third kappa shape index (κ3) is 4.02. The quantitative estimate of drug-likeness (QED) is 0.418. The lowest BCUT2D eigenvalue weighted by molar-refractivity contribution is 0.590. The number of benzene rings is 2. The monoisotopic (exact) mass is 385 g/mol. The number of fused-ring (bicyclic) bond motifs is 1. The van der Waals surface area contributed by atoms with Gasteiger partial charge < -0.3 is 5.32 Å². The van der Waals surface area contributed by atoms with Gasteiger partial charge in [-0.1, -0.05) is 68.9 Å². The van der Waals surface area contributed by atoms with Gasteiger partial charge in [-0.05, 0) is 35.2 Å². The van der Waals surface area contributed by atoms with Crippen molar-refractivity contribution in [1.29, 1.82) is 0 Å². The Morgan fingerprint density at radius 3 is 2.18 bits per heavy atom. The number of anilines is 2. The van der Waals surface area contributed by atoms with Gasteiger partial charge in [0.2, 0.25) is 0 Å². The maximum Gasteiger partial charge on any atom is 0.138 e. The lowest BCUT2D eigenvalue weighted by Crippen LogP contribution is -2.10. The van der Waals surface area contributed by atoms with Crippen LogP contribution in [0.5, 0.6) is 0 Å². The molecule has 0 aliphatic rings. The first kappa shape index (κ1) is 18.5. The number of hydrogen-bond donors (Lipinski definition) is 1. The summed E-state index contributed by atoms with van der Waals surface area (Å²) in [7, 11) is 0. The molecule has 0 amide bonds. The fourth-order valence-electron chi connectivity index (χ4n) is 3.07. The summed E-state index contributed by atoms with van der Waals surface area (Å²) in [6.07, 6.45) is 5.57. The Kier molecular flexibility index (Phi) is 5.05. The van der Waals surface area contributed by atoms with Gasteiger partial charge in [-0.2, -0.15) is 0 Å². The molecule has 28 heavy (non-hydrogen) atoms. The molecule has 0 unspecified atom stereocenters. The molecule has 0 atom stereocenters. The van der Waals surface area contributed by atoms with Crippen molar-refractivity contribution in [3.05, 3.63) is 84.8 Å². The Hall–Kier alpha value is -2.85. The van der Waals surface area contributed by atoms with E-state index in [1.807, 2.05) is 30.7 Å². The van der Waals surface area contributed by atoms with Gasteiger partial charge in [-0.15, -0.1) is 0 Å². The average molecular weight is 386 g/mol. The van der Waals surface area contributed by atoms with Crippen molar-refractivity contribution in [2.75, 3.05) is 5.32 Å². The van der Waals surface area contributed by atoms with Crippen LogP contribution >= 0.6 is 11.8 Å². The van der Waals surface area contributed by atoms with Crippen molar-refractivity contribution < 1.29 is 0 Å². The van der Waals surface area contributed by atoms with Crippen molar-refractivity contribution in [1.82, 2.24) is 9.97 Å². The summed E-state index contributed by atoms with van der Waals surface area (Å²) in [6.45, 7) is 6.68. The van der Waals surface area contributed by atoms with E-state index in [4.69, 9.17) is 4.98 Å². The van der Waals surface area contributed by atoms with Gasteiger partial charge in [0.15, 0.2) is 0 Å². The van der Waals surface area contributed by atoms with Gasteiger partial charge in [0, 0.05) is 44.8 Å². The molecule has 140 valence electrons. The molecule has 0 saturated carbocycles. The minimum atomic E-state index is 0.148. The van der Waals surface area contributed by atoms with Crippen LogP contribution in [0, 0.1) is 0 Å². The molecule has 2 heterocycles. The first-order valence-electron chi connectivity index (χ1n) is 9.34. The predicted molar refractivity (Wildman–Crippen MR) is 119 cm³/mol. The molecule has 0 bridgehead atoms. The smallest absolute Gasteiger partial charge is 0.138 e. The number of pyridine rings is 2. The maximum absolute atomic E-state index is 4.72. The van der Waals surface area contributed by atoms with Crippen molar-refractivity contribution in [2.45, 2.75) is 36.0 Å². The molecule has 3 nitrogen and oxygen atoms in total. The van der Waals surface area contributed by atoms with Gasteiger partial charge in [0.05, 0.1) is 0 Å². The molecule has 4 aromatic rings. The van der Waals surface area contributed by atoms with E-state index in [2.05, 4.69) is 79.6 Å². The number of aromatic nitrogens is 2. The van der Waals surface area contributed by atoms with E-state index in [1.54, 1.807) is 11.8 Å². The van der Waals surface area contributed by atoms with Gasteiger partial charge in [-0.3, -0.25) is 4.98 Å². The number of nitrogens with zero attached hydrogens (tertiary/aromatic N) is 2. The Morgan fingerprint density at radius 1 is 0.821 bits per heavy atom. The van der Waals surface area contributed by atoms with Crippen molar-refractivity contribution in [3.8, 4) is 0 Å². The van der Waals surface area contributed by atoms with E-state index in [0.29, 0.717) is 0 Å². The van der Waals surface area contributed by atoms with E-state index in [-0.39, 0.29) is 5.41 Å². The van der Waals surface area contributed by atoms with Crippen LogP contribution in [-0.2, 0) is 5.41 Å². The first-order valence-corrected chi connectivity index (χ1v) is 10.2. The second-order valence-corrected chi connectivity index (χ2v) is 8.87. The SMILES string of the molecule is CC(C)(C)c1ccc(Nc2ncc(Sc3ccncc3)c3ccccc23)cc1. The molecule has 2 aromatic heterocycles. The molecule has 0 spiro atoms. The summed E-state index contributed by atoms with van der Waals surface area (Å²) in [6, 6.07) is 21.0. The highest BCUT2D eigenvalue weighted by Crippen LogP contribution is 2.36. The molecular weight excluding hydrogens is 362 g/mol. The van der Waals surface area contributed by atoms with Gasteiger partial charge in [-0.25, -0.2) is 4.98 Å². The molecule has 0 radical (unpaired) electrons. The van der Waals surface area contributed by atoms with Crippen molar-refractivity contribution in [3.63, 3.8) is 0 Å². The standard InChI is InChI=1S/C24H23N3S/c1-24(2,3)17-8-10-18(11-9-17)27-23-21-7-5-4-6-20(21)22(16-26-23)28-19-12-14-25-15-13-19/h4-16H,1-3H3,(H,26,27). The van der Waals surface area contributed by atoms with Crippen LogP contribution < -0.4 is 5.32 Å². The lowest BCUT2D eigenvalue weighted by atomic mass is 9.87. The lowest BCUT2D eigenvalue weighted by Gasteiger charge is -2.19. The van der Waals surface area contributed by atoms with Crippen LogP contribution in [0.4, 0.5) is 11.5 Å². The first-order chi connectivity index (χ1) is 13.5. The van der Waals surface area contributed by atoms with Crippen LogP contribution in [0.25, 0.3) is 10.8 Å². The zero-order valence-electron chi connectivity index (χ0n) is 16.3. The number of hydrogen-bond acceptors (Lipinski definition) is 4. The summed E-state index contributed by atoms with van der Waals surface area (Å²) >= 11 is 1.71. The minimum absolute atomic E-state index is 0.148. The summed E-state index contributed by atoms with van der Waals surface area (Å²) in [4.78, 5) is 11.1. The Labute approximate surface area is 170 Å². The molecular formula is C24H23N3S. The van der Waals surface area contributed by atoms with E-state index < -0.39 is 0 Å². The van der Waals surface area contributed by atoms with E-state index >= 15 is 0 Å². The second-order valence-electron chi connectivity index (χ2n) is 7.75. The molecule has 0 fully saturated rings. The molecule has 0 aliphatic heterocycles.